The van der Waals surface area contributed by atoms with Crippen molar-refractivity contribution in [1.29, 1.82) is 5.26 Å². The molecule has 0 aliphatic heterocycles. The molecular formula is C15H22N4. The van der Waals surface area contributed by atoms with Crippen molar-refractivity contribution < 1.29 is 0 Å². The van der Waals surface area contributed by atoms with E-state index < -0.39 is 0 Å². The summed E-state index contributed by atoms with van der Waals surface area (Å²) in [5, 5.41) is 12.5. The van der Waals surface area contributed by atoms with Gasteiger partial charge in [-0.2, -0.15) is 5.26 Å². The normalized spacial score (nSPS) is 14.5. The minimum atomic E-state index is 0.667. The molecule has 1 aliphatic rings. The Morgan fingerprint density at radius 3 is 2.79 bits per heavy atom. The fourth-order valence-electron chi connectivity index (χ4n) is 2.46. The van der Waals surface area contributed by atoms with Crippen LogP contribution in [0.25, 0.3) is 0 Å². The molecule has 0 saturated heterocycles. The van der Waals surface area contributed by atoms with Crippen molar-refractivity contribution >= 4 is 5.82 Å². The summed E-state index contributed by atoms with van der Waals surface area (Å²) in [4.78, 5) is 6.92. The van der Waals surface area contributed by atoms with Crippen LogP contribution in [-0.4, -0.2) is 35.6 Å². The van der Waals surface area contributed by atoms with Gasteiger partial charge in [-0.3, -0.25) is 4.90 Å². The van der Waals surface area contributed by atoms with Crippen LogP contribution in [0.4, 0.5) is 5.82 Å². The Morgan fingerprint density at radius 2 is 2.21 bits per heavy atom. The van der Waals surface area contributed by atoms with E-state index in [1.165, 1.54) is 12.8 Å². The highest BCUT2D eigenvalue weighted by Gasteiger charge is 2.27. The van der Waals surface area contributed by atoms with Gasteiger partial charge in [0.2, 0.25) is 0 Å². The number of anilines is 1. The molecule has 0 unspecified atom stereocenters. The molecular weight excluding hydrogens is 236 g/mol. The van der Waals surface area contributed by atoms with Crippen LogP contribution in [0, 0.1) is 25.2 Å². The van der Waals surface area contributed by atoms with Crippen LogP contribution in [0.15, 0.2) is 6.07 Å². The lowest BCUT2D eigenvalue weighted by Crippen LogP contribution is -2.31. The Balaban J connectivity index is 1.97. The molecule has 0 bridgehead atoms. The number of rotatable bonds is 6. The Morgan fingerprint density at radius 1 is 1.47 bits per heavy atom. The second-order valence-electron chi connectivity index (χ2n) is 5.20. The molecule has 19 heavy (non-hydrogen) atoms. The van der Waals surface area contributed by atoms with E-state index in [-0.39, 0.29) is 0 Å². The van der Waals surface area contributed by atoms with E-state index >= 15 is 0 Å². The third-order valence-corrected chi connectivity index (χ3v) is 3.62. The number of hydrogen-bond acceptors (Lipinski definition) is 4. The standard InChI is InChI=1S/C15H22N4/c1-4-19(13-5-6-13)8-7-17-15-14(10-16)11(2)9-12(3)18-15/h9,13H,4-8H2,1-3H3,(H,17,18). The first-order valence-electron chi connectivity index (χ1n) is 7.02. The predicted octanol–water partition coefficient (Wildman–Crippen LogP) is 2.47. The summed E-state index contributed by atoms with van der Waals surface area (Å²) in [7, 11) is 0. The summed E-state index contributed by atoms with van der Waals surface area (Å²) in [6.07, 6.45) is 2.66. The third-order valence-electron chi connectivity index (χ3n) is 3.62. The van der Waals surface area contributed by atoms with E-state index in [4.69, 9.17) is 0 Å². The van der Waals surface area contributed by atoms with Gasteiger partial charge in [0.1, 0.15) is 11.9 Å². The zero-order chi connectivity index (χ0) is 13.8. The van der Waals surface area contributed by atoms with E-state index in [0.717, 1.165) is 42.8 Å². The monoisotopic (exact) mass is 258 g/mol. The molecule has 4 heteroatoms. The maximum Gasteiger partial charge on any atom is 0.144 e. The van der Waals surface area contributed by atoms with Gasteiger partial charge in [0, 0.05) is 24.8 Å². The van der Waals surface area contributed by atoms with Gasteiger partial charge in [-0.05, 0) is 44.9 Å². The average molecular weight is 258 g/mol. The summed E-state index contributed by atoms with van der Waals surface area (Å²) < 4.78 is 0. The molecule has 102 valence electrons. The second-order valence-corrected chi connectivity index (χ2v) is 5.20. The molecule has 1 heterocycles. The number of aryl methyl sites for hydroxylation is 2. The van der Waals surface area contributed by atoms with Crippen molar-refractivity contribution in [3.63, 3.8) is 0 Å². The number of likely N-dealkylation sites (N-methyl/N-ethyl adjacent to an activating group) is 1. The summed E-state index contributed by atoms with van der Waals surface area (Å²) in [6.45, 7) is 9.07. The Kier molecular flexibility index (Phi) is 4.39. The second kappa shape index (κ2) is 6.03. The lowest BCUT2D eigenvalue weighted by molar-refractivity contribution is 0.289. The summed E-state index contributed by atoms with van der Waals surface area (Å²) in [5.74, 6) is 0.729. The fourth-order valence-corrected chi connectivity index (χ4v) is 2.46. The third kappa shape index (κ3) is 3.45. The molecule has 1 aromatic heterocycles. The van der Waals surface area contributed by atoms with Gasteiger partial charge in [0.15, 0.2) is 0 Å². The number of pyridine rings is 1. The maximum absolute atomic E-state index is 9.20. The van der Waals surface area contributed by atoms with Crippen molar-refractivity contribution in [2.45, 2.75) is 39.7 Å². The van der Waals surface area contributed by atoms with Crippen LogP contribution in [0.1, 0.15) is 36.6 Å². The van der Waals surface area contributed by atoms with Gasteiger partial charge in [0.25, 0.3) is 0 Å². The molecule has 2 rings (SSSR count). The molecule has 0 amide bonds. The molecule has 1 saturated carbocycles. The van der Waals surface area contributed by atoms with Gasteiger partial charge < -0.3 is 5.32 Å². The van der Waals surface area contributed by atoms with Gasteiger partial charge in [-0.1, -0.05) is 6.92 Å². The first-order valence-corrected chi connectivity index (χ1v) is 7.02. The molecule has 0 radical (unpaired) electrons. The van der Waals surface area contributed by atoms with Gasteiger partial charge in [0.05, 0.1) is 5.56 Å². The number of aromatic nitrogens is 1. The van der Waals surface area contributed by atoms with Crippen LogP contribution in [0.5, 0.6) is 0 Å². The Labute approximate surface area is 115 Å². The minimum Gasteiger partial charge on any atom is -0.368 e. The lowest BCUT2D eigenvalue weighted by Gasteiger charge is -2.20. The fraction of sp³-hybridized carbons (Fsp3) is 0.600. The molecule has 1 N–H and O–H groups in total. The SMILES string of the molecule is CCN(CCNc1nc(C)cc(C)c1C#N)C1CC1. The van der Waals surface area contributed by atoms with Crippen molar-refractivity contribution in [2.24, 2.45) is 0 Å². The molecule has 0 aromatic carbocycles. The highest BCUT2D eigenvalue weighted by Crippen LogP contribution is 2.26. The smallest absolute Gasteiger partial charge is 0.144 e. The van der Waals surface area contributed by atoms with Crippen LogP contribution in [-0.2, 0) is 0 Å². The van der Waals surface area contributed by atoms with E-state index in [1.54, 1.807) is 0 Å². The number of nitrogens with one attached hydrogen (secondary N) is 1. The first-order chi connectivity index (χ1) is 9.15. The Bertz CT molecular complexity index is 486. The van der Waals surface area contributed by atoms with Crippen molar-refractivity contribution in [1.82, 2.24) is 9.88 Å². The van der Waals surface area contributed by atoms with E-state index in [9.17, 15) is 5.26 Å². The molecule has 1 aliphatic carbocycles. The van der Waals surface area contributed by atoms with Crippen LogP contribution < -0.4 is 5.32 Å². The first kappa shape index (κ1) is 13.8. The topological polar surface area (TPSA) is 52.0 Å². The molecule has 4 nitrogen and oxygen atoms in total. The van der Waals surface area contributed by atoms with E-state index in [2.05, 4.69) is 28.2 Å². The van der Waals surface area contributed by atoms with E-state index in [0.29, 0.717) is 5.56 Å². The van der Waals surface area contributed by atoms with Gasteiger partial charge in [-0.15, -0.1) is 0 Å². The maximum atomic E-state index is 9.20. The van der Waals surface area contributed by atoms with Gasteiger partial charge >= 0.3 is 0 Å². The van der Waals surface area contributed by atoms with Gasteiger partial charge in [-0.25, -0.2) is 4.98 Å². The number of hydrogen-bond donors (Lipinski definition) is 1. The molecule has 1 fully saturated rings. The predicted molar refractivity (Wildman–Crippen MR) is 77.2 cm³/mol. The number of nitrogens with zero attached hydrogens (tertiary/aromatic N) is 3. The molecule has 1 aromatic rings. The lowest BCUT2D eigenvalue weighted by atomic mass is 10.1. The largest absolute Gasteiger partial charge is 0.368 e. The molecule has 0 atom stereocenters. The summed E-state index contributed by atoms with van der Waals surface area (Å²) >= 11 is 0. The highest BCUT2D eigenvalue weighted by molar-refractivity contribution is 5.56. The van der Waals surface area contributed by atoms with Crippen molar-refractivity contribution in [3.8, 4) is 6.07 Å². The van der Waals surface area contributed by atoms with Crippen LogP contribution in [0.3, 0.4) is 0 Å². The summed E-state index contributed by atoms with van der Waals surface area (Å²) in [6, 6.07) is 4.98. The van der Waals surface area contributed by atoms with Crippen LogP contribution in [0.2, 0.25) is 0 Å². The average Bonchev–Trinajstić information content (AvgIpc) is 3.18. The van der Waals surface area contributed by atoms with Crippen molar-refractivity contribution in [3.05, 3.63) is 22.9 Å². The quantitative estimate of drug-likeness (QED) is 0.851. The zero-order valence-electron chi connectivity index (χ0n) is 12.0. The van der Waals surface area contributed by atoms with Crippen LogP contribution >= 0.6 is 0 Å². The zero-order valence-corrected chi connectivity index (χ0v) is 12.0. The highest BCUT2D eigenvalue weighted by atomic mass is 15.2. The van der Waals surface area contributed by atoms with E-state index in [1.807, 2.05) is 19.9 Å². The number of nitriles is 1. The molecule has 0 spiro atoms. The Hall–Kier alpha value is -1.60. The van der Waals surface area contributed by atoms with Crippen molar-refractivity contribution in [2.75, 3.05) is 25.0 Å². The minimum absolute atomic E-state index is 0.667. The summed E-state index contributed by atoms with van der Waals surface area (Å²) in [5.41, 5.74) is 2.61.